The monoisotopic (exact) mass is 426 g/mol. The predicted molar refractivity (Wildman–Crippen MR) is 129 cm³/mol. The lowest BCUT2D eigenvalue weighted by molar-refractivity contribution is -0.116. The molecule has 0 aromatic rings. The van der Waals surface area contributed by atoms with E-state index in [0.29, 0.717) is 17.1 Å². The number of carbonyl (C=O) groups is 1. The summed E-state index contributed by atoms with van der Waals surface area (Å²) in [5, 5.41) is 0. The van der Waals surface area contributed by atoms with E-state index in [1.54, 1.807) is 0 Å². The minimum atomic E-state index is 0.0217. The Balaban J connectivity index is 1.43. The first-order valence-electron chi connectivity index (χ1n) is 13.2. The number of unbranched alkanes of at least 4 members (excludes halogenated alkanes) is 1. The number of allylic oxidation sites excluding steroid dienone is 4. The summed E-state index contributed by atoms with van der Waals surface area (Å²) in [6, 6.07) is 0. The highest BCUT2D eigenvalue weighted by molar-refractivity contribution is 5.91. The molecular weight excluding hydrogens is 380 g/mol. The van der Waals surface area contributed by atoms with Crippen molar-refractivity contribution in [2.24, 2.45) is 40.9 Å². The van der Waals surface area contributed by atoms with Crippen molar-refractivity contribution < 1.29 is 9.53 Å². The van der Waals surface area contributed by atoms with Crippen molar-refractivity contribution in [3.63, 3.8) is 0 Å². The quantitative estimate of drug-likeness (QED) is 0.393. The molecule has 2 fully saturated rings. The zero-order valence-electron chi connectivity index (χ0n) is 20.8. The summed E-state index contributed by atoms with van der Waals surface area (Å²) in [5.41, 5.74) is 1.87. The second-order valence-electron chi connectivity index (χ2n) is 12.2. The molecule has 0 spiro atoms. The second kappa shape index (κ2) is 9.16. The van der Waals surface area contributed by atoms with Gasteiger partial charge in [-0.25, -0.2) is 0 Å². The van der Waals surface area contributed by atoms with Gasteiger partial charge in [-0.15, -0.1) is 0 Å². The summed E-state index contributed by atoms with van der Waals surface area (Å²) in [6.45, 7) is 9.63. The van der Waals surface area contributed by atoms with Crippen LogP contribution in [-0.4, -0.2) is 18.5 Å². The third-order valence-electron chi connectivity index (χ3n) is 10.1. The molecule has 0 bridgehead atoms. The van der Waals surface area contributed by atoms with Gasteiger partial charge in [0.25, 0.3) is 0 Å². The minimum absolute atomic E-state index is 0.0217. The van der Waals surface area contributed by atoms with Crippen LogP contribution in [0.5, 0.6) is 0 Å². The number of methoxy groups -OCH3 is 1. The average Bonchev–Trinajstić information content (AvgIpc) is 2.75. The SMILES string of the molecule is COC(C)(C)CCCC[C@@H](C)C1CCC[C@H]2C3C=CC4=CC(=O)CCC4[C@H]3CC[C@]12C. The fraction of sp³-hybridized carbons (Fsp3) is 0.828. The molecule has 2 nitrogen and oxygen atoms in total. The smallest absolute Gasteiger partial charge is 0.155 e. The second-order valence-corrected chi connectivity index (χ2v) is 12.2. The summed E-state index contributed by atoms with van der Waals surface area (Å²) < 4.78 is 5.61. The van der Waals surface area contributed by atoms with Crippen LogP contribution in [0.15, 0.2) is 23.8 Å². The number of hydrogen-bond acceptors (Lipinski definition) is 2. The lowest BCUT2D eigenvalue weighted by Crippen LogP contribution is -2.51. The lowest BCUT2D eigenvalue weighted by atomic mass is 9.46. The van der Waals surface area contributed by atoms with Gasteiger partial charge in [-0.1, -0.05) is 51.7 Å². The highest BCUT2D eigenvalue weighted by atomic mass is 16.5. The lowest BCUT2D eigenvalue weighted by Gasteiger charge is -2.59. The van der Waals surface area contributed by atoms with Crippen molar-refractivity contribution in [2.45, 2.75) is 104 Å². The van der Waals surface area contributed by atoms with Crippen molar-refractivity contribution in [1.82, 2.24) is 0 Å². The van der Waals surface area contributed by atoms with Gasteiger partial charge in [-0.05, 0) is 105 Å². The highest BCUT2D eigenvalue weighted by Gasteiger charge is 2.54. The molecule has 3 unspecified atom stereocenters. The van der Waals surface area contributed by atoms with E-state index in [1.807, 2.05) is 13.2 Å². The van der Waals surface area contributed by atoms with E-state index in [1.165, 1.54) is 56.9 Å². The first kappa shape index (κ1) is 23.3. The van der Waals surface area contributed by atoms with E-state index in [-0.39, 0.29) is 5.60 Å². The molecule has 0 aromatic carbocycles. The Morgan fingerprint density at radius 1 is 1.19 bits per heavy atom. The standard InChI is InChI=1S/C29H46O2/c1-20(9-6-7-17-28(2,3)31-5)26-10-8-11-27-25-14-12-21-19-22(30)13-15-23(21)24(25)16-18-29(26,27)4/h12,14,19-20,23-27H,6-11,13,15-18H2,1-5H3/t20-,23?,24-,25?,26?,27+,29-/m1/s1. The fourth-order valence-corrected chi connectivity index (χ4v) is 8.15. The first-order valence-corrected chi connectivity index (χ1v) is 13.2. The largest absolute Gasteiger partial charge is 0.379 e. The van der Waals surface area contributed by atoms with Gasteiger partial charge in [0.15, 0.2) is 5.78 Å². The summed E-state index contributed by atoms with van der Waals surface area (Å²) in [4.78, 5) is 11.9. The Morgan fingerprint density at radius 3 is 2.77 bits per heavy atom. The molecule has 0 saturated heterocycles. The number of ether oxygens (including phenoxy) is 1. The topological polar surface area (TPSA) is 26.3 Å². The number of carbonyl (C=O) groups excluding carboxylic acids is 1. The van der Waals surface area contributed by atoms with Crippen molar-refractivity contribution in [3.8, 4) is 0 Å². The zero-order chi connectivity index (χ0) is 22.2. The third-order valence-corrected chi connectivity index (χ3v) is 10.1. The van der Waals surface area contributed by atoms with Crippen molar-refractivity contribution in [1.29, 1.82) is 0 Å². The molecule has 0 N–H and O–H groups in total. The maximum absolute atomic E-state index is 11.9. The molecule has 0 radical (unpaired) electrons. The molecular formula is C29H46O2. The van der Waals surface area contributed by atoms with E-state index in [2.05, 4.69) is 39.8 Å². The summed E-state index contributed by atoms with van der Waals surface area (Å²) in [6.07, 6.45) is 20.9. The normalized spacial score (nSPS) is 38.7. The molecule has 0 heterocycles. The van der Waals surface area contributed by atoms with Gasteiger partial charge in [0.2, 0.25) is 0 Å². The van der Waals surface area contributed by atoms with E-state index < -0.39 is 0 Å². The van der Waals surface area contributed by atoms with Crippen molar-refractivity contribution in [2.75, 3.05) is 7.11 Å². The van der Waals surface area contributed by atoms with Crippen molar-refractivity contribution >= 4 is 5.78 Å². The van der Waals surface area contributed by atoms with Gasteiger partial charge >= 0.3 is 0 Å². The van der Waals surface area contributed by atoms with Crippen LogP contribution in [0.1, 0.15) is 98.3 Å². The van der Waals surface area contributed by atoms with Crippen LogP contribution in [-0.2, 0) is 9.53 Å². The molecule has 174 valence electrons. The molecule has 4 rings (SSSR count). The molecule has 0 aromatic heterocycles. The van der Waals surface area contributed by atoms with Crippen molar-refractivity contribution in [3.05, 3.63) is 23.8 Å². The van der Waals surface area contributed by atoms with Crippen LogP contribution in [0.3, 0.4) is 0 Å². The van der Waals surface area contributed by atoms with Crippen LogP contribution < -0.4 is 0 Å². The molecule has 31 heavy (non-hydrogen) atoms. The average molecular weight is 427 g/mol. The van der Waals surface area contributed by atoms with Crippen LogP contribution >= 0.6 is 0 Å². The molecule has 7 atom stereocenters. The fourth-order valence-electron chi connectivity index (χ4n) is 8.15. The van der Waals surface area contributed by atoms with Gasteiger partial charge in [-0.3, -0.25) is 4.79 Å². The summed E-state index contributed by atoms with van der Waals surface area (Å²) >= 11 is 0. The summed E-state index contributed by atoms with van der Waals surface area (Å²) in [5.74, 6) is 5.07. The Morgan fingerprint density at radius 2 is 2.00 bits per heavy atom. The Labute approximate surface area is 191 Å². The Hall–Kier alpha value is -0.890. The number of rotatable bonds is 7. The van der Waals surface area contributed by atoms with Gasteiger partial charge in [0.05, 0.1) is 5.60 Å². The van der Waals surface area contributed by atoms with Gasteiger partial charge in [0, 0.05) is 13.5 Å². The number of fused-ring (bicyclic) bond motifs is 5. The molecule has 2 saturated carbocycles. The van der Waals surface area contributed by atoms with Crippen LogP contribution in [0.2, 0.25) is 0 Å². The Bertz CT molecular complexity index is 716. The van der Waals surface area contributed by atoms with E-state index in [0.717, 1.165) is 48.9 Å². The van der Waals surface area contributed by atoms with E-state index in [9.17, 15) is 4.79 Å². The van der Waals surface area contributed by atoms with Crippen LogP contribution in [0.4, 0.5) is 0 Å². The molecule has 4 aliphatic rings. The van der Waals surface area contributed by atoms with E-state index >= 15 is 0 Å². The molecule has 0 aliphatic heterocycles. The minimum Gasteiger partial charge on any atom is -0.379 e. The highest BCUT2D eigenvalue weighted by Crippen LogP contribution is 2.62. The summed E-state index contributed by atoms with van der Waals surface area (Å²) in [7, 11) is 1.84. The molecule has 4 aliphatic carbocycles. The van der Waals surface area contributed by atoms with Crippen LogP contribution in [0.25, 0.3) is 0 Å². The van der Waals surface area contributed by atoms with Gasteiger partial charge in [0.1, 0.15) is 0 Å². The number of ketones is 1. The predicted octanol–water partition coefficient (Wildman–Crippen LogP) is 7.53. The van der Waals surface area contributed by atoms with Gasteiger partial charge < -0.3 is 4.74 Å². The molecule has 2 heteroatoms. The molecule has 0 amide bonds. The maximum Gasteiger partial charge on any atom is 0.155 e. The van der Waals surface area contributed by atoms with E-state index in [4.69, 9.17) is 4.74 Å². The number of hydrogen-bond donors (Lipinski definition) is 0. The van der Waals surface area contributed by atoms with Gasteiger partial charge in [-0.2, -0.15) is 0 Å². The first-order chi connectivity index (χ1) is 14.7. The van der Waals surface area contributed by atoms with Crippen LogP contribution in [0, 0.1) is 40.9 Å². The Kier molecular flexibility index (Phi) is 6.88. The maximum atomic E-state index is 11.9. The zero-order valence-corrected chi connectivity index (χ0v) is 20.8. The third kappa shape index (κ3) is 4.61.